The van der Waals surface area contributed by atoms with E-state index in [2.05, 4.69) is 10.6 Å². The Bertz CT molecular complexity index is 602. The highest BCUT2D eigenvalue weighted by Crippen LogP contribution is 2.26. The summed E-state index contributed by atoms with van der Waals surface area (Å²) in [6, 6.07) is 4.97. The second kappa shape index (κ2) is 7.69. The molecule has 2 N–H and O–H groups in total. The van der Waals surface area contributed by atoms with Gasteiger partial charge in [-0.25, -0.2) is 0 Å². The lowest BCUT2D eigenvalue weighted by Crippen LogP contribution is -2.18. The largest absolute Gasteiger partial charge is 0.324 e. The molecule has 1 heterocycles. The Balaban J connectivity index is 2.34. The molecular weight excluding hydrogens is 320 g/mol. The number of anilines is 2. The molecule has 5 nitrogen and oxygen atoms in total. The van der Waals surface area contributed by atoms with Crippen molar-refractivity contribution in [2.24, 2.45) is 5.92 Å². The minimum absolute atomic E-state index is 0.00243. The zero-order valence-corrected chi connectivity index (χ0v) is 14.1. The van der Waals surface area contributed by atoms with Gasteiger partial charge in [0.05, 0.1) is 22.9 Å². The van der Waals surface area contributed by atoms with E-state index in [1.807, 2.05) is 13.8 Å². The van der Waals surface area contributed by atoms with E-state index in [9.17, 15) is 14.4 Å². The summed E-state index contributed by atoms with van der Waals surface area (Å²) >= 11 is 2.94. The minimum atomic E-state index is -0.142. The Morgan fingerprint density at radius 1 is 1.05 bits per heavy atom. The monoisotopic (exact) mass is 338 g/mol. The number of rotatable bonds is 2. The van der Waals surface area contributed by atoms with Gasteiger partial charge in [-0.15, -0.1) is 23.5 Å². The highest BCUT2D eigenvalue weighted by molar-refractivity contribution is 8.16. The van der Waals surface area contributed by atoms with E-state index in [-0.39, 0.29) is 23.5 Å². The van der Waals surface area contributed by atoms with Crippen molar-refractivity contribution in [3.63, 3.8) is 0 Å². The first-order chi connectivity index (χ1) is 10.5. The molecular formula is C15H18N2O3S2. The SMILES string of the molecule is CC(C)C(=O)c1ccc2c(c1)NC(=O)CSCSCC(=O)N2. The Kier molecular flexibility index (Phi) is 5.90. The van der Waals surface area contributed by atoms with Crippen LogP contribution in [0, 0.1) is 5.92 Å². The van der Waals surface area contributed by atoms with Crippen molar-refractivity contribution in [1.29, 1.82) is 0 Å². The van der Waals surface area contributed by atoms with Gasteiger partial charge in [-0.1, -0.05) is 13.8 Å². The van der Waals surface area contributed by atoms with Crippen LogP contribution in [-0.4, -0.2) is 34.2 Å². The standard InChI is InChI=1S/C15H18N2O3S2/c1-9(2)15(20)10-3-4-11-12(5-10)17-14(19)7-22-8-21-6-13(18)16-11/h3-5,9H,6-8H2,1-2H3,(H,16,18)(H,17,19). The Labute approximate surface area is 138 Å². The van der Waals surface area contributed by atoms with Crippen LogP contribution in [0.5, 0.6) is 0 Å². The molecule has 0 saturated carbocycles. The van der Waals surface area contributed by atoms with Crippen molar-refractivity contribution in [3.05, 3.63) is 23.8 Å². The third-order valence-corrected chi connectivity index (χ3v) is 5.28. The number of hydrogen-bond acceptors (Lipinski definition) is 5. The van der Waals surface area contributed by atoms with Crippen molar-refractivity contribution in [1.82, 2.24) is 0 Å². The molecule has 7 heteroatoms. The van der Waals surface area contributed by atoms with Gasteiger partial charge in [0.1, 0.15) is 0 Å². The lowest BCUT2D eigenvalue weighted by molar-refractivity contribution is -0.114. The molecule has 0 atom stereocenters. The fourth-order valence-corrected chi connectivity index (χ4v) is 3.60. The molecule has 0 aliphatic carbocycles. The summed E-state index contributed by atoms with van der Waals surface area (Å²) in [6.07, 6.45) is 0. The number of ketones is 1. The van der Waals surface area contributed by atoms with Crippen LogP contribution in [0.15, 0.2) is 18.2 Å². The van der Waals surface area contributed by atoms with Crippen LogP contribution in [-0.2, 0) is 9.59 Å². The zero-order chi connectivity index (χ0) is 16.1. The van der Waals surface area contributed by atoms with Gasteiger partial charge >= 0.3 is 0 Å². The quantitative estimate of drug-likeness (QED) is 0.811. The van der Waals surface area contributed by atoms with Crippen LogP contribution < -0.4 is 10.6 Å². The minimum Gasteiger partial charge on any atom is -0.324 e. The first-order valence-electron chi connectivity index (χ1n) is 6.91. The smallest absolute Gasteiger partial charge is 0.234 e. The van der Waals surface area contributed by atoms with Gasteiger partial charge in [0, 0.05) is 16.6 Å². The van der Waals surface area contributed by atoms with Crippen molar-refractivity contribution in [3.8, 4) is 0 Å². The van der Waals surface area contributed by atoms with Gasteiger partial charge in [-0.05, 0) is 18.2 Å². The summed E-state index contributed by atoms with van der Waals surface area (Å²) in [5.74, 6) is 0.278. The molecule has 0 radical (unpaired) electrons. The van der Waals surface area contributed by atoms with E-state index in [0.29, 0.717) is 33.5 Å². The van der Waals surface area contributed by atoms with E-state index >= 15 is 0 Å². The molecule has 2 amide bonds. The summed E-state index contributed by atoms with van der Waals surface area (Å²) < 4.78 is 0. The Morgan fingerprint density at radius 3 is 2.23 bits per heavy atom. The van der Waals surface area contributed by atoms with Crippen LogP contribution in [0.3, 0.4) is 0 Å². The molecule has 1 aromatic carbocycles. The summed E-state index contributed by atoms with van der Waals surface area (Å²) in [5, 5.41) is 6.24. The molecule has 1 aromatic rings. The predicted molar refractivity (Wildman–Crippen MR) is 92.7 cm³/mol. The molecule has 0 aromatic heterocycles. The molecule has 0 bridgehead atoms. The van der Waals surface area contributed by atoms with Crippen molar-refractivity contribution in [2.75, 3.05) is 27.2 Å². The second-order valence-electron chi connectivity index (χ2n) is 5.19. The van der Waals surface area contributed by atoms with Gasteiger partial charge in [0.25, 0.3) is 0 Å². The molecule has 1 aliphatic heterocycles. The summed E-state index contributed by atoms with van der Waals surface area (Å²) in [4.78, 5) is 35.9. The molecule has 2 rings (SSSR count). The van der Waals surface area contributed by atoms with Crippen LogP contribution in [0.2, 0.25) is 0 Å². The second-order valence-corrected chi connectivity index (χ2v) is 7.53. The number of thioether (sulfide) groups is 2. The van der Waals surface area contributed by atoms with Crippen molar-refractivity contribution < 1.29 is 14.4 Å². The van der Waals surface area contributed by atoms with Gasteiger partial charge < -0.3 is 10.6 Å². The first kappa shape index (κ1) is 16.9. The van der Waals surface area contributed by atoms with Crippen LogP contribution in [0.1, 0.15) is 24.2 Å². The number of amides is 2. The maximum atomic E-state index is 12.1. The van der Waals surface area contributed by atoms with E-state index in [1.165, 1.54) is 23.5 Å². The average Bonchev–Trinajstić information content (AvgIpc) is 2.49. The summed E-state index contributed by atoms with van der Waals surface area (Å²) in [5.41, 5.74) is 1.52. The number of benzene rings is 1. The summed E-state index contributed by atoms with van der Waals surface area (Å²) in [7, 11) is 0. The zero-order valence-electron chi connectivity index (χ0n) is 12.5. The van der Waals surface area contributed by atoms with E-state index in [1.54, 1.807) is 18.2 Å². The molecule has 118 valence electrons. The topological polar surface area (TPSA) is 75.3 Å². The fraction of sp³-hybridized carbons (Fsp3) is 0.400. The van der Waals surface area contributed by atoms with Crippen LogP contribution in [0.25, 0.3) is 0 Å². The van der Waals surface area contributed by atoms with Gasteiger partial charge in [0.15, 0.2) is 5.78 Å². The lowest BCUT2D eigenvalue weighted by atomic mass is 10.00. The maximum absolute atomic E-state index is 12.1. The number of hydrogen-bond donors (Lipinski definition) is 2. The van der Waals surface area contributed by atoms with E-state index in [4.69, 9.17) is 0 Å². The molecule has 0 saturated heterocycles. The third kappa shape index (κ3) is 4.51. The van der Waals surface area contributed by atoms with Gasteiger partial charge in [-0.3, -0.25) is 14.4 Å². The van der Waals surface area contributed by atoms with Crippen LogP contribution in [0.4, 0.5) is 11.4 Å². The van der Waals surface area contributed by atoms with E-state index in [0.717, 1.165) is 0 Å². The Hall–Kier alpha value is -1.47. The number of Topliss-reactive ketones (excluding diaryl/α,β-unsaturated/α-hetero) is 1. The summed E-state index contributed by atoms with van der Waals surface area (Å²) in [6.45, 7) is 3.65. The Morgan fingerprint density at radius 2 is 1.64 bits per heavy atom. The number of nitrogens with one attached hydrogen (secondary N) is 2. The van der Waals surface area contributed by atoms with Crippen LogP contribution >= 0.6 is 23.5 Å². The first-order valence-corrected chi connectivity index (χ1v) is 9.21. The maximum Gasteiger partial charge on any atom is 0.234 e. The number of carbonyl (C=O) groups excluding carboxylic acids is 3. The third-order valence-electron chi connectivity index (χ3n) is 3.01. The predicted octanol–water partition coefficient (Wildman–Crippen LogP) is 2.84. The van der Waals surface area contributed by atoms with Crippen molar-refractivity contribution in [2.45, 2.75) is 13.8 Å². The van der Waals surface area contributed by atoms with Gasteiger partial charge in [0.2, 0.25) is 11.8 Å². The normalized spacial score (nSPS) is 16.3. The molecule has 0 fully saturated rings. The van der Waals surface area contributed by atoms with Gasteiger partial charge in [-0.2, -0.15) is 0 Å². The molecule has 22 heavy (non-hydrogen) atoms. The fourth-order valence-electron chi connectivity index (χ4n) is 1.94. The van der Waals surface area contributed by atoms with E-state index < -0.39 is 0 Å². The molecule has 0 unspecified atom stereocenters. The highest BCUT2D eigenvalue weighted by Gasteiger charge is 2.16. The lowest BCUT2D eigenvalue weighted by Gasteiger charge is -2.13. The molecule has 1 aliphatic rings. The highest BCUT2D eigenvalue weighted by atomic mass is 32.2. The van der Waals surface area contributed by atoms with Crippen molar-refractivity contribution >= 4 is 52.5 Å². The number of fused-ring (bicyclic) bond motifs is 1. The average molecular weight is 338 g/mol. The number of carbonyl (C=O) groups is 3. The molecule has 0 spiro atoms.